The molecule has 1 aromatic heterocycles. The molecule has 0 fully saturated rings. The zero-order valence-corrected chi connectivity index (χ0v) is 14.6. The minimum Gasteiger partial charge on any atom is -0.406 e. The van der Waals surface area contributed by atoms with E-state index in [2.05, 4.69) is 25.3 Å². The number of rotatable bonds is 5. The largest absolute Gasteiger partial charge is 0.573 e. The van der Waals surface area contributed by atoms with Crippen LogP contribution in [0.4, 0.5) is 46.3 Å². The molecule has 3 aromatic rings. The van der Waals surface area contributed by atoms with Crippen LogP contribution in [0.25, 0.3) is 0 Å². The molecule has 6 nitrogen and oxygen atoms in total. The van der Waals surface area contributed by atoms with Gasteiger partial charge in [0, 0.05) is 11.4 Å². The highest BCUT2D eigenvalue weighted by Gasteiger charge is 2.30. The third-order valence-electron chi connectivity index (χ3n) is 3.42. The zero-order chi connectivity index (χ0) is 20.3. The molecule has 0 aliphatic carbocycles. The number of hydrogen-bond donors (Lipinski definition) is 3. The van der Waals surface area contributed by atoms with Crippen LogP contribution >= 0.6 is 11.6 Å². The Kier molecular flexibility index (Phi) is 5.41. The predicted octanol–water partition coefficient (Wildman–Crippen LogP) is 5.24. The number of nitrogens with zero attached hydrogens (tertiary/aromatic N) is 2. The van der Waals surface area contributed by atoms with Crippen molar-refractivity contribution in [3.8, 4) is 5.75 Å². The number of benzene rings is 2. The van der Waals surface area contributed by atoms with Gasteiger partial charge in [0.25, 0.3) is 0 Å². The molecule has 0 bridgehead atoms. The number of halogens is 5. The number of hydrogen-bond acceptors (Lipinski definition) is 6. The molecule has 0 saturated heterocycles. The predicted molar refractivity (Wildman–Crippen MR) is 97.5 cm³/mol. The monoisotopic (exact) mass is 413 g/mol. The van der Waals surface area contributed by atoms with Gasteiger partial charge in [-0.05, 0) is 42.5 Å². The van der Waals surface area contributed by atoms with Crippen molar-refractivity contribution in [2.75, 3.05) is 16.4 Å². The first kappa shape index (κ1) is 19.5. The summed E-state index contributed by atoms with van der Waals surface area (Å²) in [4.78, 5) is 8.02. The average molecular weight is 414 g/mol. The van der Waals surface area contributed by atoms with Crippen LogP contribution in [0.2, 0.25) is 5.02 Å². The Morgan fingerprint density at radius 2 is 1.50 bits per heavy atom. The van der Waals surface area contributed by atoms with Crippen LogP contribution in [0.1, 0.15) is 0 Å². The van der Waals surface area contributed by atoms with Crippen LogP contribution in [0.15, 0.2) is 48.8 Å². The van der Waals surface area contributed by atoms with Crippen molar-refractivity contribution in [1.29, 1.82) is 0 Å². The molecule has 0 saturated carbocycles. The second-order valence-electron chi connectivity index (χ2n) is 5.44. The van der Waals surface area contributed by atoms with Gasteiger partial charge < -0.3 is 21.1 Å². The molecule has 0 radical (unpaired) electrons. The molecule has 4 N–H and O–H groups in total. The number of anilines is 5. The van der Waals surface area contributed by atoms with Gasteiger partial charge in [-0.25, -0.2) is 14.4 Å². The fourth-order valence-electron chi connectivity index (χ4n) is 2.18. The Bertz CT molecular complexity index is 982. The number of nitrogens with one attached hydrogen (secondary N) is 2. The van der Waals surface area contributed by atoms with Crippen molar-refractivity contribution >= 4 is 40.3 Å². The summed E-state index contributed by atoms with van der Waals surface area (Å²) in [5.41, 5.74) is 7.05. The highest BCUT2D eigenvalue weighted by molar-refractivity contribution is 6.31. The number of ether oxygens (including phenoxy) is 1. The second-order valence-corrected chi connectivity index (χ2v) is 5.84. The molecule has 1 heterocycles. The Hall–Kier alpha value is -3.27. The Balaban J connectivity index is 1.76. The molecule has 0 atom stereocenters. The summed E-state index contributed by atoms with van der Waals surface area (Å²) >= 11 is 5.74. The minimum absolute atomic E-state index is 0.0721. The summed E-state index contributed by atoms with van der Waals surface area (Å²) in [5, 5.41) is 5.69. The van der Waals surface area contributed by atoms with E-state index in [-0.39, 0.29) is 28.1 Å². The van der Waals surface area contributed by atoms with E-state index in [4.69, 9.17) is 17.3 Å². The lowest BCUT2D eigenvalue weighted by molar-refractivity contribution is -0.274. The van der Waals surface area contributed by atoms with E-state index in [0.717, 1.165) is 12.1 Å². The van der Waals surface area contributed by atoms with E-state index in [1.165, 1.54) is 36.7 Å². The summed E-state index contributed by atoms with van der Waals surface area (Å²) in [7, 11) is 0. The third-order valence-corrected chi connectivity index (χ3v) is 3.71. The van der Waals surface area contributed by atoms with E-state index in [9.17, 15) is 17.6 Å². The van der Waals surface area contributed by atoms with Crippen LogP contribution in [-0.2, 0) is 0 Å². The Labute approximate surface area is 161 Å². The molecule has 28 heavy (non-hydrogen) atoms. The lowest BCUT2D eigenvalue weighted by atomic mass is 10.3. The molecule has 0 spiro atoms. The lowest BCUT2D eigenvalue weighted by Crippen LogP contribution is -2.17. The van der Waals surface area contributed by atoms with E-state index >= 15 is 0 Å². The van der Waals surface area contributed by atoms with E-state index in [1.807, 2.05) is 0 Å². The molecule has 0 amide bonds. The lowest BCUT2D eigenvalue weighted by Gasteiger charge is -2.13. The summed E-state index contributed by atoms with van der Waals surface area (Å²) in [5.74, 6) is -0.472. The van der Waals surface area contributed by atoms with Gasteiger partial charge >= 0.3 is 6.36 Å². The molecule has 2 aromatic carbocycles. The molecule has 0 aliphatic heterocycles. The van der Waals surface area contributed by atoms with Crippen molar-refractivity contribution in [2.45, 2.75) is 6.36 Å². The summed E-state index contributed by atoms with van der Waals surface area (Å²) in [6, 6.07) is 9.04. The SMILES string of the molecule is Nc1c(Nc2ccc(OC(F)(F)F)cc2)ncnc1Nc1ccc(F)c(Cl)c1. The van der Waals surface area contributed by atoms with Gasteiger partial charge in [-0.2, -0.15) is 0 Å². The van der Waals surface area contributed by atoms with Crippen molar-refractivity contribution in [3.05, 3.63) is 59.6 Å². The highest BCUT2D eigenvalue weighted by Crippen LogP contribution is 2.30. The molecule has 146 valence electrons. The first-order chi connectivity index (χ1) is 13.2. The summed E-state index contributed by atoms with van der Waals surface area (Å²) < 4.78 is 53.7. The van der Waals surface area contributed by atoms with Crippen LogP contribution < -0.4 is 21.1 Å². The fraction of sp³-hybridized carbons (Fsp3) is 0.0588. The number of nitrogens with two attached hydrogens (primary N) is 1. The van der Waals surface area contributed by atoms with Crippen molar-refractivity contribution in [1.82, 2.24) is 9.97 Å². The van der Waals surface area contributed by atoms with E-state index in [0.29, 0.717) is 11.4 Å². The number of alkyl halides is 3. The van der Waals surface area contributed by atoms with E-state index in [1.54, 1.807) is 0 Å². The van der Waals surface area contributed by atoms with Gasteiger partial charge in [0.05, 0.1) is 5.02 Å². The van der Waals surface area contributed by atoms with Crippen molar-refractivity contribution in [3.63, 3.8) is 0 Å². The van der Waals surface area contributed by atoms with Crippen LogP contribution in [0, 0.1) is 5.82 Å². The maximum absolute atomic E-state index is 13.3. The zero-order valence-electron chi connectivity index (χ0n) is 13.9. The molecular weight excluding hydrogens is 402 g/mol. The smallest absolute Gasteiger partial charge is 0.406 e. The van der Waals surface area contributed by atoms with Crippen LogP contribution in [0.3, 0.4) is 0 Å². The van der Waals surface area contributed by atoms with E-state index < -0.39 is 12.2 Å². The first-order valence-corrected chi connectivity index (χ1v) is 8.04. The molecule has 0 aliphatic rings. The standard InChI is InChI=1S/C17H12ClF4N5O/c18-12-7-10(3-6-13(12)19)27-16-14(23)15(24-8-25-16)26-9-1-4-11(5-2-9)28-17(20,21)22/h1-8H,23H2,(H2,24,25,26,27). The van der Waals surface area contributed by atoms with Crippen molar-refractivity contribution < 1.29 is 22.3 Å². The van der Waals surface area contributed by atoms with Gasteiger partial charge in [-0.3, -0.25) is 0 Å². The van der Waals surface area contributed by atoms with Crippen molar-refractivity contribution in [2.24, 2.45) is 0 Å². The quantitative estimate of drug-likeness (QED) is 0.496. The van der Waals surface area contributed by atoms with Gasteiger partial charge in [-0.15, -0.1) is 13.2 Å². The van der Waals surface area contributed by atoms with Gasteiger partial charge in [-0.1, -0.05) is 11.6 Å². The third kappa shape index (κ3) is 4.92. The Morgan fingerprint density at radius 3 is 2.07 bits per heavy atom. The normalized spacial score (nSPS) is 11.2. The molecule has 11 heteroatoms. The highest BCUT2D eigenvalue weighted by atomic mass is 35.5. The van der Waals surface area contributed by atoms with Crippen LogP contribution in [0.5, 0.6) is 5.75 Å². The Morgan fingerprint density at radius 1 is 0.929 bits per heavy atom. The fourth-order valence-corrected chi connectivity index (χ4v) is 2.36. The molecule has 3 rings (SSSR count). The maximum Gasteiger partial charge on any atom is 0.573 e. The maximum atomic E-state index is 13.3. The minimum atomic E-state index is -4.77. The van der Waals surface area contributed by atoms with Crippen LogP contribution in [-0.4, -0.2) is 16.3 Å². The van der Waals surface area contributed by atoms with Gasteiger partial charge in [0.15, 0.2) is 11.6 Å². The number of nitrogen functional groups attached to an aromatic ring is 1. The van der Waals surface area contributed by atoms with Gasteiger partial charge in [0.1, 0.15) is 23.6 Å². The topological polar surface area (TPSA) is 85.1 Å². The average Bonchev–Trinajstić information content (AvgIpc) is 2.62. The molecular formula is C17H12ClF4N5O. The second kappa shape index (κ2) is 7.77. The summed E-state index contributed by atoms with van der Waals surface area (Å²) in [6.07, 6.45) is -3.54. The number of aromatic nitrogens is 2. The van der Waals surface area contributed by atoms with Gasteiger partial charge in [0.2, 0.25) is 0 Å². The molecule has 0 unspecified atom stereocenters. The summed E-state index contributed by atoms with van der Waals surface area (Å²) in [6.45, 7) is 0. The first-order valence-electron chi connectivity index (χ1n) is 7.66.